The Balaban J connectivity index is 1.58. The lowest BCUT2D eigenvalue weighted by Gasteiger charge is -2.24. The average Bonchev–Trinajstić information content (AvgIpc) is 3.23. The molecule has 20 heavy (non-hydrogen) atoms. The van der Waals surface area contributed by atoms with E-state index in [0.29, 0.717) is 26.3 Å². The molecule has 108 valence electrons. The highest BCUT2D eigenvalue weighted by atomic mass is 16.7. The molecule has 0 aromatic heterocycles. The zero-order chi connectivity index (χ0) is 14.0. The summed E-state index contributed by atoms with van der Waals surface area (Å²) in [6, 6.07) is 9.97. The van der Waals surface area contributed by atoms with Crippen LogP contribution in [0.25, 0.3) is 0 Å². The van der Waals surface area contributed by atoms with Crippen LogP contribution in [-0.2, 0) is 25.6 Å². The molecular formula is C15H19NO4. The van der Waals surface area contributed by atoms with E-state index in [0.717, 1.165) is 5.56 Å². The molecule has 0 spiro atoms. The van der Waals surface area contributed by atoms with Crippen LogP contribution in [0.4, 0.5) is 0 Å². The standard InChI is InChI=1S/C15H19NO4/c1-2-18-14(17)15-10-16-8-12(13(15)20-15)19-9-11-6-4-3-5-7-11/h3-7,12-13,16H,2,8-10H2,1H3/t12-,13-,15+/m0/s1. The first-order valence-corrected chi connectivity index (χ1v) is 6.97. The largest absolute Gasteiger partial charge is 0.464 e. The van der Waals surface area contributed by atoms with E-state index < -0.39 is 5.60 Å². The third kappa shape index (κ3) is 2.44. The minimum atomic E-state index is -0.824. The summed E-state index contributed by atoms with van der Waals surface area (Å²) < 4.78 is 16.6. The topological polar surface area (TPSA) is 60.1 Å². The van der Waals surface area contributed by atoms with Crippen LogP contribution < -0.4 is 5.32 Å². The van der Waals surface area contributed by atoms with Crippen molar-refractivity contribution in [1.29, 1.82) is 0 Å². The Morgan fingerprint density at radius 1 is 1.45 bits per heavy atom. The van der Waals surface area contributed by atoms with Crippen molar-refractivity contribution in [3.8, 4) is 0 Å². The van der Waals surface area contributed by atoms with E-state index in [4.69, 9.17) is 14.2 Å². The van der Waals surface area contributed by atoms with Crippen molar-refractivity contribution in [2.75, 3.05) is 19.7 Å². The van der Waals surface area contributed by atoms with Crippen LogP contribution >= 0.6 is 0 Å². The highest BCUT2D eigenvalue weighted by molar-refractivity contribution is 5.84. The molecule has 0 aliphatic carbocycles. The van der Waals surface area contributed by atoms with Gasteiger partial charge in [-0.2, -0.15) is 0 Å². The van der Waals surface area contributed by atoms with Crippen molar-refractivity contribution < 1.29 is 19.0 Å². The number of piperidine rings is 1. The summed E-state index contributed by atoms with van der Waals surface area (Å²) in [5, 5.41) is 3.19. The molecule has 0 unspecified atom stereocenters. The van der Waals surface area contributed by atoms with Crippen LogP contribution in [0.1, 0.15) is 12.5 Å². The maximum atomic E-state index is 11.9. The summed E-state index contributed by atoms with van der Waals surface area (Å²) in [6.07, 6.45) is -0.306. The smallest absolute Gasteiger partial charge is 0.342 e. The van der Waals surface area contributed by atoms with Crippen LogP contribution in [0.5, 0.6) is 0 Å². The molecule has 1 N–H and O–H groups in total. The first-order chi connectivity index (χ1) is 9.76. The predicted molar refractivity (Wildman–Crippen MR) is 72.1 cm³/mol. The van der Waals surface area contributed by atoms with Crippen molar-refractivity contribution in [2.45, 2.75) is 31.3 Å². The SMILES string of the molecule is CCOC(=O)[C@@]12CNC[C@H](OCc3ccccc3)[C@@H]1O2. The number of esters is 1. The zero-order valence-electron chi connectivity index (χ0n) is 11.5. The first-order valence-electron chi connectivity index (χ1n) is 6.97. The van der Waals surface area contributed by atoms with E-state index in [9.17, 15) is 4.79 Å². The van der Waals surface area contributed by atoms with Gasteiger partial charge < -0.3 is 19.5 Å². The third-order valence-corrected chi connectivity index (χ3v) is 3.74. The van der Waals surface area contributed by atoms with E-state index in [1.807, 2.05) is 30.3 Å². The van der Waals surface area contributed by atoms with Gasteiger partial charge in [0.15, 0.2) is 0 Å². The van der Waals surface area contributed by atoms with E-state index in [1.54, 1.807) is 6.92 Å². The summed E-state index contributed by atoms with van der Waals surface area (Å²) in [6.45, 7) is 3.88. The van der Waals surface area contributed by atoms with E-state index >= 15 is 0 Å². The number of hydrogen-bond donors (Lipinski definition) is 1. The number of carbonyl (C=O) groups is 1. The zero-order valence-corrected chi connectivity index (χ0v) is 11.5. The number of benzene rings is 1. The molecule has 1 aromatic carbocycles. The van der Waals surface area contributed by atoms with Crippen molar-refractivity contribution in [3.63, 3.8) is 0 Å². The highest BCUT2D eigenvalue weighted by Gasteiger charge is 2.68. The maximum Gasteiger partial charge on any atom is 0.342 e. The van der Waals surface area contributed by atoms with Gasteiger partial charge in [-0.1, -0.05) is 30.3 Å². The van der Waals surface area contributed by atoms with Crippen molar-refractivity contribution in [2.24, 2.45) is 0 Å². The summed E-state index contributed by atoms with van der Waals surface area (Å²) in [5.74, 6) is -0.287. The molecule has 2 heterocycles. The summed E-state index contributed by atoms with van der Waals surface area (Å²) >= 11 is 0. The van der Waals surface area contributed by atoms with Gasteiger partial charge in [0.05, 0.1) is 13.2 Å². The van der Waals surface area contributed by atoms with Crippen molar-refractivity contribution >= 4 is 5.97 Å². The molecular weight excluding hydrogens is 258 g/mol. The van der Waals surface area contributed by atoms with Crippen molar-refractivity contribution in [3.05, 3.63) is 35.9 Å². The van der Waals surface area contributed by atoms with Gasteiger partial charge in [0.1, 0.15) is 12.2 Å². The molecule has 2 aliphatic heterocycles. The minimum Gasteiger partial charge on any atom is -0.464 e. The second kappa shape index (κ2) is 5.52. The van der Waals surface area contributed by atoms with Gasteiger partial charge in [0.2, 0.25) is 5.60 Å². The van der Waals surface area contributed by atoms with E-state index in [1.165, 1.54) is 0 Å². The molecule has 2 saturated heterocycles. The minimum absolute atomic E-state index is 0.117. The average molecular weight is 277 g/mol. The van der Waals surface area contributed by atoms with Crippen LogP contribution in [0.15, 0.2) is 30.3 Å². The van der Waals surface area contributed by atoms with Gasteiger partial charge in [-0.05, 0) is 12.5 Å². The van der Waals surface area contributed by atoms with Gasteiger partial charge in [0, 0.05) is 13.1 Å². The molecule has 0 radical (unpaired) electrons. The molecule has 0 bridgehead atoms. The molecule has 3 atom stereocenters. The number of hydrogen-bond acceptors (Lipinski definition) is 5. The highest BCUT2D eigenvalue weighted by Crippen LogP contribution is 2.42. The fourth-order valence-electron chi connectivity index (χ4n) is 2.63. The summed E-state index contributed by atoms with van der Waals surface area (Å²) in [7, 11) is 0. The fourth-order valence-corrected chi connectivity index (χ4v) is 2.63. The Morgan fingerprint density at radius 2 is 2.25 bits per heavy atom. The quantitative estimate of drug-likeness (QED) is 0.639. The number of carbonyl (C=O) groups excluding carboxylic acids is 1. The van der Waals surface area contributed by atoms with E-state index in [2.05, 4.69) is 5.32 Å². The molecule has 0 amide bonds. The molecule has 2 fully saturated rings. The van der Waals surface area contributed by atoms with Gasteiger partial charge in [-0.3, -0.25) is 0 Å². The Morgan fingerprint density at radius 3 is 3.00 bits per heavy atom. The molecule has 0 saturated carbocycles. The third-order valence-electron chi connectivity index (χ3n) is 3.74. The van der Waals surface area contributed by atoms with Crippen LogP contribution in [-0.4, -0.2) is 43.5 Å². The number of rotatable bonds is 5. The van der Waals surface area contributed by atoms with Gasteiger partial charge in [0.25, 0.3) is 0 Å². The van der Waals surface area contributed by atoms with E-state index in [-0.39, 0.29) is 18.2 Å². The molecule has 2 aliphatic rings. The number of fused-ring (bicyclic) bond motifs is 1. The van der Waals surface area contributed by atoms with Gasteiger partial charge in [-0.15, -0.1) is 0 Å². The predicted octanol–water partition coefficient (Wildman–Crippen LogP) is 0.876. The first kappa shape index (κ1) is 13.5. The molecule has 5 heteroatoms. The van der Waals surface area contributed by atoms with Gasteiger partial charge >= 0.3 is 5.97 Å². The molecule has 1 aromatic rings. The Kier molecular flexibility index (Phi) is 3.74. The monoisotopic (exact) mass is 277 g/mol. The second-order valence-electron chi connectivity index (χ2n) is 5.11. The van der Waals surface area contributed by atoms with Crippen molar-refractivity contribution in [1.82, 2.24) is 5.32 Å². The maximum absolute atomic E-state index is 11.9. The van der Waals surface area contributed by atoms with Crippen LogP contribution in [0.3, 0.4) is 0 Å². The lowest BCUT2D eigenvalue weighted by atomic mass is 9.97. The molecule has 5 nitrogen and oxygen atoms in total. The van der Waals surface area contributed by atoms with Gasteiger partial charge in [-0.25, -0.2) is 4.79 Å². The van der Waals surface area contributed by atoms with Crippen LogP contribution in [0.2, 0.25) is 0 Å². The fraction of sp³-hybridized carbons (Fsp3) is 0.533. The second-order valence-corrected chi connectivity index (χ2v) is 5.11. The Bertz CT molecular complexity index is 478. The number of nitrogens with one attached hydrogen (secondary N) is 1. The summed E-state index contributed by atoms with van der Waals surface area (Å²) in [5.41, 5.74) is 0.288. The lowest BCUT2D eigenvalue weighted by Crippen LogP contribution is -2.51. The molecule has 3 rings (SSSR count). The van der Waals surface area contributed by atoms with Crippen LogP contribution in [0, 0.1) is 0 Å². The normalized spacial score (nSPS) is 31.4. The lowest BCUT2D eigenvalue weighted by molar-refractivity contribution is -0.149. The number of ether oxygens (including phenoxy) is 3. The Labute approximate surface area is 118 Å². The number of epoxide rings is 1. The summed E-state index contributed by atoms with van der Waals surface area (Å²) in [4.78, 5) is 11.9. The Hall–Kier alpha value is -1.43.